The van der Waals surface area contributed by atoms with Gasteiger partial charge in [0.15, 0.2) is 0 Å². The van der Waals surface area contributed by atoms with Gasteiger partial charge in [-0.25, -0.2) is 5.84 Å². The van der Waals surface area contributed by atoms with Crippen molar-refractivity contribution < 1.29 is 4.79 Å². The maximum absolute atomic E-state index is 11.1. The molecule has 0 saturated carbocycles. The van der Waals surface area contributed by atoms with Crippen molar-refractivity contribution >= 4 is 29.0 Å². The summed E-state index contributed by atoms with van der Waals surface area (Å²) in [6.07, 6.45) is 0. The van der Waals surface area contributed by atoms with E-state index in [0.717, 1.165) is 4.88 Å². The molecule has 3 nitrogen and oxygen atoms in total. The fourth-order valence-corrected chi connectivity index (χ4v) is 3.13. The molecule has 1 amide bonds. The fourth-order valence-electron chi connectivity index (χ4n) is 1.09. The molecule has 2 rings (SSSR count). The van der Waals surface area contributed by atoms with Gasteiger partial charge in [-0.05, 0) is 11.4 Å². The lowest BCUT2D eigenvalue weighted by molar-refractivity contribution is -0.128. The number of hydrogen-bond acceptors (Lipinski definition) is 4. The zero-order chi connectivity index (χ0) is 8.55. The van der Waals surface area contributed by atoms with Gasteiger partial charge in [-0.3, -0.25) is 9.80 Å². The van der Waals surface area contributed by atoms with Crippen LogP contribution in [0.25, 0.3) is 0 Å². The van der Waals surface area contributed by atoms with Gasteiger partial charge >= 0.3 is 0 Å². The smallest absolute Gasteiger partial charge is 0.247 e. The summed E-state index contributed by atoms with van der Waals surface area (Å²) in [7, 11) is 0. The van der Waals surface area contributed by atoms with E-state index in [0.29, 0.717) is 5.75 Å². The lowest BCUT2D eigenvalue weighted by atomic mass is 10.4. The summed E-state index contributed by atoms with van der Waals surface area (Å²) in [6, 6.07) is 3.97. The fraction of sp³-hybridized carbons (Fsp3) is 0.286. The highest BCUT2D eigenvalue weighted by Crippen LogP contribution is 2.38. The maximum Gasteiger partial charge on any atom is 0.247 e. The van der Waals surface area contributed by atoms with Crippen LogP contribution in [0, 0.1) is 0 Å². The molecule has 1 aromatic heterocycles. The topological polar surface area (TPSA) is 46.3 Å². The molecule has 64 valence electrons. The lowest BCUT2D eigenvalue weighted by Crippen LogP contribution is -2.34. The number of carbonyl (C=O) groups is 1. The molecule has 1 aliphatic heterocycles. The minimum Gasteiger partial charge on any atom is -0.272 e. The van der Waals surface area contributed by atoms with Crippen LogP contribution in [-0.2, 0) is 4.79 Å². The molecule has 0 aromatic carbocycles. The summed E-state index contributed by atoms with van der Waals surface area (Å²) >= 11 is 3.21. The molecule has 2 heterocycles. The second kappa shape index (κ2) is 3.08. The van der Waals surface area contributed by atoms with Gasteiger partial charge in [0.05, 0.1) is 5.75 Å². The van der Waals surface area contributed by atoms with E-state index in [1.165, 1.54) is 5.01 Å². The first-order chi connectivity index (χ1) is 5.79. The van der Waals surface area contributed by atoms with Crippen LogP contribution >= 0.6 is 23.1 Å². The van der Waals surface area contributed by atoms with Crippen molar-refractivity contribution in [2.75, 3.05) is 5.75 Å². The van der Waals surface area contributed by atoms with Gasteiger partial charge in [0.25, 0.3) is 0 Å². The summed E-state index contributed by atoms with van der Waals surface area (Å²) in [6.45, 7) is 0. The first-order valence-corrected chi connectivity index (χ1v) is 5.43. The van der Waals surface area contributed by atoms with Gasteiger partial charge in [-0.2, -0.15) is 0 Å². The molecule has 1 saturated heterocycles. The molecular formula is C7H8N2OS2. The van der Waals surface area contributed by atoms with E-state index in [1.807, 2.05) is 17.5 Å². The number of rotatable bonds is 1. The maximum atomic E-state index is 11.1. The number of nitrogens with two attached hydrogens (primary N) is 1. The first-order valence-electron chi connectivity index (χ1n) is 3.51. The molecular weight excluding hydrogens is 192 g/mol. The van der Waals surface area contributed by atoms with E-state index < -0.39 is 0 Å². The Morgan fingerprint density at radius 2 is 2.50 bits per heavy atom. The molecule has 2 N–H and O–H groups in total. The van der Waals surface area contributed by atoms with Gasteiger partial charge in [-0.1, -0.05) is 6.07 Å². The van der Waals surface area contributed by atoms with Crippen molar-refractivity contribution in [1.82, 2.24) is 5.01 Å². The number of hydrogen-bond donors (Lipinski definition) is 1. The van der Waals surface area contributed by atoms with E-state index >= 15 is 0 Å². The Balaban J connectivity index is 2.21. The number of nitrogens with zero attached hydrogens (tertiary/aromatic N) is 1. The van der Waals surface area contributed by atoms with Crippen LogP contribution in [-0.4, -0.2) is 16.7 Å². The molecule has 0 radical (unpaired) electrons. The van der Waals surface area contributed by atoms with Gasteiger partial charge in [0.1, 0.15) is 5.37 Å². The van der Waals surface area contributed by atoms with Crippen LogP contribution in [0.3, 0.4) is 0 Å². The Morgan fingerprint density at radius 3 is 3.00 bits per heavy atom. The van der Waals surface area contributed by atoms with Crippen LogP contribution in [0.4, 0.5) is 0 Å². The Labute approximate surface area is 78.5 Å². The molecule has 1 atom stereocenters. The number of thioether (sulfide) groups is 1. The molecule has 0 spiro atoms. The van der Waals surface area contributed by atoms with Crippen LogP contribution in [0.1, 0.15) is 10.3 Å². The number of thiophene rings is 1. The minimum atomic E-state index is 0.0124. The summed E-state index contributed by atoms with van der Waals surface area (Å²) in [4.78, 5) is 12.2. The van der Waals surface area contributed by atoms with Crippen molar-refractivity contribution in [3.8, 4) is 0 Å². The SMILES string of the molecule is NN1C(=O)CSC1c1cccs1. The molecule has 1 unspecified atom stereocenters. The minimum absolute atomic E-state index is 0.0124. The van der Waals surface area contributed by atoms with Crippen LogP contribution in [0.5, 0.6) is 0 Å². The second-order valence-corrected chi connectivity index (χ2v) is 4.53. The normalized spacial score (nSPS) is 23.6. The molecule has 1 aromatic rings. The highest BCUT2D eigenvalue weighted by atomic mass is 32.2. The second-order valence-electron chi connectivity index (χ2n) is 2.48. The summed E-state index contributed by atoms with van der Waals surface area (Å²) < 4.78 is 0. The molecule has 1 fully saturated rings. The van der Waals surface area contributed by atoms with E-state index in [9.17, 15) is 4.79 Å². The van der Waals surface area contributed by atoms with Crippen LogP contribution in [0.15, 0.2) is 17.5 Å². The van der Waals surface area contributed by atoms with E-state index in [2.05, 4.69) is 0 Å². The van der Waals surface area contributed by atoms with E-state index in [1.54, 1.807) is 23.1 Å². The summed E-state index contributed by atoms with van der Waals surface area (Å²) in [5.41, 5.74) is 0. The zero-order valence-electron chi connectivity index (χ0n) is 6.27. The summed E-state index contributed by atoms with van der Waals surface area (Å²) in [5, 5.41) is 3.35. The Kier molecular flexibility index (Phi) is 2.08. The van der Waals surface area contributed by atoms with Gasteiger partial charge < -0.3 is 0 Å². The Bertz CT molecular complexity index is 286. The van der Waals surface area contributed by atoms with Crippen molar-refractivity contribution in [2.24, 2.45) is 5.84 Å². The predicted octanol–water partition coefficient (Wildman–Crippen LogP) is 1.20. The number of amides is 1. The van der Waals surface area contributed by atoms with Crippen molar-refractivity contribution in [3.63, 3.8) is 0 Å². The standard InChI is InChI=1S/C7H8N2OS2/c8-9-6(10)4-12-7(9)5-2-1-3-11-5/h1-3,7H,4,8H2. The summed E-state index contributed by atoms with van der Waals surface area (Å²) in [5.74, 6) is 6.09. The molecule has 1 aliphatic rings. The van der Waals surface area contributed by atoms with E-state index in [4.69, 9.17) is 5.84 Å². The lowest BCUT2D eigenvalue weighted by Gasteiger charge is -2.15. The van der Waals surface area contributed by atoms with Crippen LogP contribution in [0.2, 0.25) is 0 Å². The zero-order valence-corrected chi connectivity index (χ0v) is 7.90. The van der Waals surface area contributed by atoms with E-state index in [-0.39, 0.29) is 11.3 Å². The third-order valence-corrected chi connectivity index (χ3v) is 3.98. The number of hydrazine groups is 1. The molecule has 5 heteroatoms. The first kappa shape index (κ1) is 8.10. The molecule has 12 heavy (non-hydrogen) atoms. The molecule has 0 bridgehead atoms. The van der Waals surface area contributed by atoms with Crippen molar-refractivity contribution in [2.45, 2.75) is 5.37 Å². The quantitative estimate of drug-likeness (QED) is 0.547. The van der Waals surface area contributed by atoms with Gasteiger partial charge in [-0.15, -0.1) is 23.1 Å². The highest BCUT2D eigenvalue weighted by molar-refractivity contribution is 8.00. The number of carbonyl (C=O) groups excluding carboxylic acids is 1. The average molecular weight is 200 g/mol. The Morgan fingerprint density at radius 1 is 1.67 bits per heavy atom. The Hall–Kier alpha value is -0.520. The highest BCUT2D eigenvalue weighted by Gasteiger charge is 2.30. The van der Waals surface area contributed by atoms with Gasteiger partial charge in [0, 0.05) is 4.88 Å². The van der Waals surface area contributed by atoms with Gasteiger partial charge in [0.2, 0.25) is 5.91 Å². The predicted molar refractivity (Wildman–Crippen MR) is 50.6 cm³/mol. The average Bonchev–Trinajstić information content (AvgIpc) is 2.64. The van der Waals surface area contributed by atoms with Crippen molar-refractivity contribution in [1.29, 1.82) is 0 Å². The third-order valence-electron chi connectivity index (χ3n) is 1.69. The largest absolute Gasteiger partial charge is 0.272 e. The van der Waals surface area contributed by atoms with Crippen LogP contribution < -0.4 is 5.84 Å². The monoisotopic (exact) mass is 200 g/mol. The molecule has 0 aliphatic carbocycles. The van der Waals surface area contributed by atoms with Crippen molar-refractivity contribution in [3.05, 3.63) is 22.4 Å². The third kappa shape index (κ3) is 1.24.